The van der Waals surface area contributed by atoms with Gasteiger partial charge in [0.25, 0.3) is 0 Å². The van der Waals surface area contributed by atoms with E-state index in [0.29, 0.717) is 6.54 Å². The first-order valence-electron chi connectivity index (χ1n) is 7.65. The second kappa shape index (κ2) is 7.29. The zero-order chi connectivity index (χ0) is 17.1. The number of carbonyl (C=O) groups is 1. The van der Waals surface area contributed by atoms with Gasteiger partial charge in [-0.05, 0) is 50.7 Å². The van der Waals surface area contributed by atoms with E-state index >= 15 is 0 Å². The Bertz CT molecular complexity index is 826. The highest BCUT2D eigenvalue weighted by Gasteiger charge is 2.16. The Kier molecular flexibility index (Phi) is 5.13. The summed E-state index contributed by atoms with van der Waals surface area (Å²) in [5.74, 6) is 0. The van der Waals surface area contributed by atoms with Crippen LogP contribution in [0.3, 0.4) is 0 Å². The van der Waals surface area contributed by atoms with Crippen LogP contribution in [0.15, 0.2) is 35.7 Å². The molecule has 0 unspecified atom stereocenters. The fourth-order valence-electron chi connectivity index (χ4n) is 2.50. The number of nitrogens with one attached hydrogen (secondary N) is 2. The largest absolute Gasteiger partial charge is 0.336 e. The number of rotatable bonds is 5. The lowest BCUT2D eigenvalue weighted by Crippen LogP contribution is -2.36. The molecular weight excluding hydrogens is 340 g/mol. The predicted molar refractivity (Wildman–Crippen MR) is 102 cm³/mol. The van der Waals surface area contributed by atoms with Crippen molar-refractivity contribution >= 4 is 44.6 Å². The molecule has 7 heteroatoms. The van der Waals surface area contributed by atoms with Gasteiger partial charge in [-0.3, -0.25) is 0 Å². The number of thiazole rings is 1. The fourth-order valence-corrected chi connectivity index (χ4v) is 4.29. The molecule has 1 atom stereocenters. The second-order valence-corrected chi connectivity index (χ2v) is 7.96. The first-order chi connectivity index (χ1) is 11.5. The SMILES string of the molecule is Cc1nc2ccc(NC(=O)NC[C@@H](c3cccs3)N(C)C)cc2s1. The Morgan fingerprint density at radius 2 is 2.17 bits per heavy atom. The molecule has 5 nitrogen and oxygen atoms in total. The molecule has 1 aromatic carbocycles. The van der Waals surface area contributed by atoms with Crippen LogP contribution in [0.4, 0.5) is 10.5 Å². The lowest BCUT2D eigenvalue weighted by Gasteiger charge is -2.23. The predicted octanol–water partition coefficient (Wildman–Crippen LogP) is 4.09. The van der Waals surface area contributed by atoms with Crippen molar-refractivity contribution in [3.63, 3.8) is 0 Å². The quantitative estimate of drug-likeness (QED) is 0.720. The zero-order valence-corrected chi connectivity index (χ0v) is 15.5. The average Bonchev–Trinajstić information content (AvgIpc) is 3.15. The first kappa shape index (κ1) is 16.9. The number of urea groups is 1. The standard InChI is InChI=1S/C17H20N4OS2/c1-11-19-13-7-6-12(9-16(13)24-11)20-17(22)18-10-14(21(2)3)15-5-4-8-23-15/h4-9,14H,10H2,1-3H3,(H2,18,20,22)/t14-/m0/s1. The van der Waals surface area contributed by atoms with E-state index < -0.39 is 0 Å². The van der Waals surface area contributed by atoms with Crippen LogP contribution in [-0.2, 0) is 0 Å². The second-order valence-electron chi connectivity index (χ2n) is 5.75. The molecule has 0 saturated heterocycles. The van der Waals surface area contributed by atoms with Gasteiger partial charge < -0.3 is 15.5 Å². The van der Waals surface area contributed by atoms with Crippen LogP contribution in [0.5, 0.6) is 0 Å². The summed E-state index contributed by atoms with van der Waals surface area (Å²) in [5.41, 5.74) is 1.75. The molecule has 2 aromatic heterocycles. The van der Waals surface area contributed by atoms with Crippen molar-refractivity contribution in [1.29, 1.82) is 0 Å². The Hall–Kier alpha value is -1.96. The minimum absolute atomic E-state index is 0.169. The van der Waals surface area contributed by atoms with Crippen LogP contribution in [-0.4, -0.2) is 36.6 Å². The van der Waals surface area contributed by atoms with E-state index in [1.165, 1.54) is 4.88 Å². The third-order valence-electron chi connectivity index (χ3n) is 3.70. The topological polar surface area (TPSA) is 57.3 Å². The van der Waals surface area contributed by atoms with Gasteiger partial charge in [0.2, 0.25) is 0 Å². The molecule has 0 aliphatic heterocycles. The molecular formula is C17H20N4OS2. The van der Waals surface area contributed by atoms with Gasteiger partial charge in [0.05, 0.1) is 21.3 Å². The molecule has 0 aliphatic carbocycles. The smallest absolute Gasteiger partial charge is 0.319 e. The summed E-state index contributed by atoms with van der Waals surface area (Å²) in [6.45, 7) is 2.54. The Morgan fingerprint density at radius 1 is 1.33 bits per heavy atom. The highest BCUT2D eigenvalue weighted by Crippen LogP contribution is 2.25. The molecule has 0 bridgehead atoms. The number of thiophene rings is 1. The highest BCUT2D eigenvalue weighted by atomic mass is 32.1. The van der Waals surface area contributed by atoms with Crippen LogP contribution in [0.2, 0.25) is 0 Å². The summed E-state index contributed by atoms with van der Waals surface area (Å²) < 4.78 is 1.08. The minimum atomic E-state index is -0.195. The van der Waals surface area contributed by atoms with Crippen molar-refractivity contribution in [2.24, 2.45) is 0 Å². The van der Waals surface area contributed by atoms with E-state index in [1.807, 2.05) is 45.3 Å². The molecule has 24 heavy (non-hydrogen) atoms. The summed E-state index contributed by atoms with van der Waals surface area (Å²) in [7, 11) is 4.04. The summed E-state index contributed by atoms with van der Waals surface area (Å²) >= 11 is 3.33. The third-order valence-corrected chi connectivity index (χ3v) is 5.61. The molecule has 0 fully saturated rings. The van der Waals surface area contributed by atoms with Gasteiger partial charge in [0, 0.05) is 17.1 Å². The highest BCUT2D eigenvalue weighted by molar-refractivity contribution is 7.18. The summed E-state index contributed by atoms with van der Waals surface area (Å²) in [6.07, 6.45) is 0. The van der Waals surface area contributed by atoms with Gasteiger partial charge in [-0.2, -0.15) is 0 Å². The molecule has 3 aromatic rings. The number of hydrogen-bond donors (Lipinski definition) is 2. The number of aryl methyl sites for hydroxylation is 1. The summed E-state index contributed by atoms with van der Waals surface area (Å²) in [6, 6.07) is 9.87. The number of aromatic nitrogens is 1. The van der Waals surface area contributed by atoms with Gasteiger partial charge in [-0.15, -0.1) is 22.7 Å². The van der Waals surface area contributed by atoms with Crippen LogP contribution >= 0.6 is 22.7 Å². The van der Waals surface area contributed by atoms with E-state index in [4.69, 9.17) is 0 Å². The van der Waals surface area contributed by atoms with Gasteiger partial charge in [0.1, 0.15) is 0 Å². The maximum absolute atomic E-state index is 12.2. The van der Waals surface area contributed by atoms with E-state index in [2.05, 4.69) is 32.0 Å². The summed E-state index contributed by atoms with van der Waals surface area (Å²) in [4.78, 5) is 20.0. The number of benzene rings is 1. The molecule has 0 spiro atoms. The van der Waals surface area contributed by atoms with Gasteiger partial charge >= 0.3 is 6.03 Å². The number of amides is 2. The number of hydrogen-bond acceptors (Lipinski definition) is 5. The average molecular weight is 361 g/mol. The van der Waals surface area contributed by atoms with E-state index in [-0.39, 0.29) is 12.1 Å². The van der Waals surface area contributed by atoms with E-state index in [9.17, 15) is 4.79 Å². The van der Waals surface area contributed by atoms with E-state index in [0.717, 1.165) is 20.9 Å². The molecule has 2 amide bonds. The maximum atomic E-state index is 12.2. The van der Waals surface area contributed by atoms with Crippen molar-refractivity contribution in [2.45, 2.75) is 13.0 Å². The van der Waals surface area contributed by atoms with Gasteiger partial charge in [0.15, 0.2) is 0 Å². The number of anilines is 1. The van der Waals surface area contributed by atoms with Crippen LogP contribution in [0.25, 0.3) is 10.2 Å². The Balaban J connectivity index is 1.61. The number of likely N-dealkylation sites (N-methyl/N-ethyl adjacent to an activating group) is 1. The summed E-state index contributed by atoms with van der Waals surface area (Å²) in [5, 5.41) is 8.93. The number of carbonyl (C=O) groups excluding carboxylic acids is 1. The number of nitrogens with zero attached hydrogens (tertiary/aromatic N) is 2. The lowest BCUT2D eigenvalue weighted by atomic mass is 10.2. The minimum Gasteiger partial charge on any atom is -0.336 e. The Morgan fingerprint density at radius 3 is 2.88 bits per heavy atom. The first-order valence-corrected chi connectivity index (χ1v) is 9.34. The van der Waals surface area contributed by atoms with Crippen molar-refractivity contribution in [3.05, 3.63) is 45.6 Å². The third kappa shape index (κ3) is 3.92. The molecule has 3 rings (SSSR count). The fraction of sp³-hybridized carbons (Fsp3) is 0.294. The normalized spacial score (nSPS) is 12.5. The van der Waals surface area contributed by atoms with Crippen LogP contribution < -0.4 is 10.6 Å². The van der Waals surface area contributed by atoms with Crippen molar-refractivity contribution in [3.8, 4) is 0 Å². The van der Waals surface area contributed by atoms with Gasteiger partial charge in [-0.25, -0.2) is 9.78 Å². The van der Waals surface area contributed by atoms with E-state index in [1.54, 1.807) is 22.7 Å². The monoisotopic (exact) mass is 360 g/mol. The van der Waals surface area contributed by atoms with Crippen molar-refractivity contribution < 1.29 is 4.79 Å². The molecule has 0 saturated carbocycles. The Labute approximate surface area is 149 Å². The van der Waals surface area contributed by atoms with Crippen LogP contribution in [0, 0.1) is 6.92 Å². The number of fused-ring (bicyclic) bond motifs is 1. The molecule has 0 aliphatic rings. The maximum Gasteiger partial charge on any atom is 0.319 e. The lowest BCUT2D eigenvalue weighted by molar-refractivity contribution is 0.244. The molecule has 2 N–H and O–H groups in total. The van der Waals surface area contributed by atoms with Crippen molar-refractivity contribution in [1.82, 2.24) is 15.2 Å². The molecule has 0 radical (unpaired) electrons. The van der Waals surface area contributed by atoms with Crippen molar-refractivity contribution in [2.75, 3.05) is 26.0 Å². The molecule has 2 heterocycles. The molecule has 126 valence electrons. The van der Waals surface area contributed by atoms with Gasteiger partial charge in [-0.1, -0.05) is 6.07 Å². The zero-order valence-electron chi connectivity index (χ0n) is 13.9. The van der Waals surface area contributed by atoms with Crippen LogP contribution in [0.1, 0.15) is 15.9 Å².